The monoisotopic (exact) mass is 348 g/mol. The van der Waals surface area contributed by atoms with Crippen molar-refractivity contribution in [2.24, 2.45) is 0 Å². The highest BCUT2D eigenvalue weighted by Gasteiger charge is 2.24. The van der Waals surface area contributed by atoms with Crippen molar-refractivity contribution in [3.05, 3.63) is 48.2 Å². The average Bonchev–Trinajstić information content (AvgIpc) is 2.64. The second-order valence-corrected chi connectivity index (χ2v) is 5.53. The normalized spacial score (nSPS) is 14.4. The molecule has 0 atom stereocenters. The van der Waals surface area contributed by atoms with Gasteiger partial charge in [0, 0.05) is 32.4 Å². The molecule has 0 unspecified atom stereocenters. The van der Waals surface area contributed by atoms with Gasteiger partial charge in [-0.2, -0.15) is 0 Å². The lowest BCUT2D eigenvalue weighted by molar-refractivity contribution is 0.207. The van der Waals surface area contributed by atoms with Crippen LogP contribution in [0, 0.1) is 11.6 Å². The number of amides is 2. The van der Waals surface area contributed by atoms with Crippen LogP contribution < -0.4 is 15.0 Å². The van der Waals surface area contributed by atoms with Crippen molar-refractivity contribution < 1.29 is 18.3 Å². The van der Waals surface area contributed by atoms with Crippen LogP contribution in [0.2, 0.25) is 0 Å². The molecule has 1 aromatic heterocycles. The summed E-state index contributed by atoms with van der Waals surface area (Å²) in [4.78, 5) is 19.7. The highest BCUT2D eigenvalue weighted by molar-refractivity contribution is 5.91. The second-order valence-electron chi connectivity index (χ2n) is 5.53. The Morgan fingerprint density at radius 2 is 1.84 bits per heavy atom. The quantitative estimate of drug-likeness (QED) is 0.927. The maximum absolute atomic E-state index is 13.9. The molecule has 1 aliphatic rings. The van der Waals surface area contributed by atoms with Gasteiger partial charge in [-0.1, -0.05) is 6.07 Å². The number of halogens is 2. The van der Waals surface area contributed by atoms with Gasteiger partial charge in [-0.15, -0.1) is 0 Å². The van der Waals surface area contributed by atoms with Crippen molar-refractivity contribution in [1.82, 2.24) is 9.88 Å². The minimum atomic E-state index is -0.568. The lowest BCUT2D eigenvalue weighted by atomic mass is 10.2. The topological polar surface area (TPSA) is 57.7 Å². The van der Waals surface area contributed by atoms with Crippen molar-refractivity contribution in [3.63, 3.8) is 0 Å². The summed E-state index contributed by atoms with van der Waals surface area (Å²) in [5, 5.41) is 2.54. The molecule has 2 amide bonds. The van der Waals surface area contributed by atoms with Gasteiger partial charge in [0.05, 0.1) is 7.11 Å². The number of carbonyl (C=O) groups excluding carboxylic acids is 1. The van der Waals surface area contributed by atoms with Crippen molar-refractivity contribution in [1.29, 1.82) is 0 Å². The Kier molecular flexibility index (Phi) is 4.97. The van der Waals surface area contributed by atoms with Crippen LogP contribution in [0.25, 0.3) is 0 Å². The minimum Gasteiger partial charge on any atom is -0.494 e. The van der Waals surface area contributed by atoms with Gasteiger partial charge in [-0.25, -0.2) is 18.6 Å². The average molecular weight is 348 g/mol. The molecule has 0 bridgehead atoms. The van der Waals surface area contributed by atoms with Crippen LogP contribution in [-0.2, 0) is 0 Å². The fraction of sp³-hybridized carbons (Fsp3) is 0.294. The summed E-state index contributed by atoms with van der Waals surface area (Å²) in [6, 6.07) is 6.78. The fourth-order valence-corrected chi connectivity index (χ4v) is 2.71. The number of methoxy groups -OCH3 is 1. The Hall–Kier alpha value is -2.90. The molecule has 1 saturated heterocycles. The van der Waals surface area contributed by atoms with Crippen LogP contribution in [0.3, 0.4) is 0 Å². The van der Waals surface area contributed by atoms with Gasteiger partial charge in [0.25, 0.3) is 0 Å². The highest BCUT2D eigenvalue weighted by Crippen LogP contribution is 2.27. The molecular formula is C17H18F2N4O2. The van der Waals surface area contributed by atoms with E-state index in [2.05, 4.69) is 10.3 Å². The lowest BCUT2D eigenvalue weighted by Gasteiger charge is -2.35. The predicted octanol–water partition coefficient (Wildman–Crippen LogP) is 2.72. The Labute approximate surface area is 144 Å². The van der Waals surface area contributed by atoms with Gasteiger partial charge < -0.3 is 19.9 Å². The molecule has 1 N–H and O–H groups in total. The van der Waals surface area contributed by atoms with Gasteiger partial charge in [0.15, 0.2) is 17.5 Å². The van der Waals surface area contributed by atoms with Crippen molar-refractivity contribution >= 4 is 17.5 Å². The van der Waals surface area contributed by atoms with E-state index >= 15 is 0 Å². The number of urea groups is 1. The maximum atomic E-state index is 13.9. The third-order valence-electron chi connectivity index (χ3n) is 4.03. The lowest BCUT2D eigenvalue weighted by Crippen LogP contribution is -2.50. The number of nitrogens with one attached hydrogen (secondary N) is 1. The first-order valence-corrected chi connectivity index (χ1v) is 7.84. The molecule has 0 saturated carbocycles. The molecule has 6 nitrogen and oxygen atoms in total. The summed E-state index contributed by atoms with van der Waals surface area (Å²) in [5.74, 6) is -0.431. The standard InChI is InChI=1S/C17H18F2N4O2/c1-25-14-6-2-4-12(18)15(14)21-17(24)23-10-8-22(9-11-23)16-13(19)5-3-7-20-16/h2-7H,8-11H2,1H3,(H,21,24). The highest BCUT2D eigenvalue weighted by atomic mass is 19.1. The number of pyridine rings is 1. The first kappa shape index (κ1) is 16.9. The number of carbonyl (C=O) groups is 1. The summed E-state index contributed by atoms with van der Waals surface area (Å²) in [6.07, 6.45) is 1.53. The number of ether oxygens (including phenoxy) is 1. The summed E-state index contributed by atoms with van der Waals surface area (Å²) in [5.41, 5.74) is 0.00759. The first-order chi connectivity index (χ1) is 12.1. The van der Waals surface area contributed by atoms with Crippen molar-refractivity contribution in [2.45, 2.75) is 0 Å². The Bertz CT molecular complexity index is 764. The zero-order chi connectivity index (χ0) is 17.8. The third kappa shape index (κ3) is 3.62. The molecule has 1 aliphatic heterocycles. The SMILES string of the molecule is COc1cccc(F)c1NC(=O)N1CCN(c2ncccc2F)CC1. The first-order valence-electron chi connectivity index (χ1n) is 7.84. The van der Waals surface area contributed by atoms with E-state index in [0.29, 0.717) is 26.2 Å². The molecule has 0 aliphatic carbocycles. The van der Waals surface area contributed by atoms with E-state index in [4.69, 9.17) is 4.74 Å². The summed E-state index contributed by atoms with van der Waals surface area (Å²) >= 11 is 0. The molecule has 1 aromatic carbocycles. The zero-order valence-corrected chi connectivity index (χ0v) is 13.7. The predicted molar refractivity (Wildman–Crippen MR) is 90.0 cm³/mol. The number of hydrogen-bond donors (Lipinski definition) is 1. The number of hydrogen-bond acceptors (Lipinski definition) is 4. The van der Waals surface area contributed by atoms with Crippen LogP contribution in [0.4, 0.5) is 25.1 Å². The molecule has 0 spiro atoms. The van der Waals surface area contributed by atoms with Crippen molar-refractivity contribution in [2.75, 3.05) is 43.5 Å². The molecule has 2 aromatic rings. The molecule has 3 rings (SSSR count). The summed E-state index contributed by atoms with van der Waals surface area (Å²) in [6.45, 7) is 1.63. The smallest absolute Gasteiger partial charge is 0.322 e. The number of anilines is 2. The van der Waals surface area contributed by atoms with Crippen LogP contribution in [0.1, 0.15) is 0 Å². The molecule has 2 heterocycles. The zero-order valence-electron chi connectivity index (χ0n) is 13.7. The Morgan fingerprint density at radius 1 is 1.12 bits per heavy atom. The van der Waals surface area contributed by atoms with Gasteiger partial charge in [0.2, 0.25) is 0 Å². The summed E-state index contributed by atoms with van der Waals surface area (Å²) < 4.78 is 32.8. The van der Waals surface area contributed by atoms with Gasteiger partial charge in [-0.3, -0.25) is 0 Å². The van der Waals surface area contributed by atoms with Crippen LogP contribution in [-0.4, -0.2) is 49.2 Å². The molecular weight excluding hydrogens is 330 g/mol. The molecule has 25 heavy (non-hydrogen) atoms. The number of para-hydroxylation sites is 1. The Balaban J connectivity index is 1.64. The van der Waals surface area contributed by atoms with E-state index < -0.39 is 17.7 Å². The molecule has 132 valence electrons. The number of benzene rings is 1. The van der Waals surface area contributed by atoms with Crippen LogP contribution in [0.15, 0.2) is 36.5 Å². The number of aromatic nitrogens is 1. The molecule has 0 radical (unpaired) electrons. The van der Waals surface area contributed by atoms with E-state index in [1.807, 2.05) is 0 Å². The Morgan fingerprint density at radius 3 is 2.52 bits per heavy atom. The van der Waals surface area contributed by atoms with Gasteiger partial charge in [-0.05, 0) is 24.3 Å². The van der Waals surface area contributed by atoms with Crippen LogP contribution >= 0.6 is 0 Å². The largest absolute Gasteiger partial charge is 0.494 e. The van der Waals surface area contributed by atoms with Crippen LogP contribution in [0.5, 0.6) is 5.75 Å². The van der Waals surface area contributed by atoms with E-state index in [9.17, 15) is 13.6 Å². The number of rotatable bonds is 3. The second kappa shape index (κ2) is 7.33. The molecule has 1 fully saturated rings. The van der Waals surface area contributed by atoms with E-state index in [-0.39, 0.29) is 17.3 Å². The van der Waals surface area contributed by atoms with Gasteiger partial charge >= 0.3 is 6.03 Å². The van der Waals surface area contributed by atoms with E-state index in [0.717, 1.165) is 0 Å². The van der Waals surface area contributed by atoms with Crippen molar-refractivity contribution in [3.8, 4) is 5.75 Å². The minimum absolute atomic E-state index is 0.00759. The third-order valence-corrected chi connectivity index (χ3v) is 4.03. The number of piperazine rings is 1. The number of nitrogens with zero attached hydrogens (tertiary/aromatic N) is 3. The van der Waals surface area contributed by atoms with Gasteiger partial charge in [0.1, 0.15) is 11.4 Å². The fourth-order valence-electron chi connectivity index (χ4n) is 2.71. The molecule has 8 heteroatoms. The van der Waals surface area contributed by atoms with E-state index in [1.165, 1.54) is 37.6 Å². The van der Waals surface area contributed by atoms with E-state index in [1.54, 1.807) is 15.9 Å². The summed E-state index contributed by atoms with van der Waals surface area (Å²) in [7, 11) is 1.41. The maximum Gasteiger partial charge on any atom is 0.322 e.